The quantitative estimate of drug-likeness (QED) is 0.391. The van der Waals surface area contributed by atoms with E-state index in [4.69, 9.17) is 21.1 Å². The number of hydrogen-bond donors (Lipinski definition) is 3. The highest BCUT2D eigenvalue weighted by atomic mass is 35.5. The second kappa shape index (κ2) is 11.3. The fraction of sp³-hybridized carbons (Fsp3) is 0.269. The molecule has 3 aromatic rings. The van der Waals surface area contributed by atoms with E-state index in [1.54, 1.807) is 31.3 Å². The maximum Gasteiger partial charge on any atom is 0.251 e. The summed E-state index contributed by atoms with van der Waals surface area (Å²) in [5.74, 6) is 0.422. The van der Waals surface area contributed by atoms with Crippen molar-refractivity contribution in [2.75, 3.05) is 30.9 Å². The van der Waals surface area contributed by atoms with Crippen molar-refractivity contribution in [3.63, 3.8) is 0 Å². The molecular weight excluding hydrogens is 499 g/mol. The predicted octanol–water partition coefficient (Wildman–Crippen LogP) is 4.62. The standard InChI is InChI=1S/C26H28ClFN6O3/c1-15-12-34(13-16(2)32-15)22-6-5-19(9-21(22)28)33-26-30-10-20(11-31-26)37-14-18-7-17(25(35)29-3)8-23(36-4)24(18)27/h5-12,16,32H,13-14H2,1-4H3,(H,29,35)(H,30,31,33)/t16-/m0/s1. The molecule has 0 radical (unpaired) electrons. The van der Waals surface area contributed by atoms with E-state index in [9.17, 15) is 9.18 Å². The van der Waals surface area contributed by atoms with E-state index in [-0.39, 0.29) is 30.3 Å². The molecule has 194 valence electrons. The van der Waals surface area contributed by atoms with Crippen LogP contribution in [-0.2, 0) is 6.61 Å². The molecule has 1 amide bonds. The van der Waals surface area contributed by atoms with E-state index in [0.717, 1.165) is 5.70 Å². The third kappa shape index (κ3) is 6.21. The topological polar surface area (TPSA) is 101 Å². The lowest BCUT2D eigenvalue weighted by molar-refractivity contribution is 0.0962. The predicted molar refractivity (Wildman–Crippen MR) is 141 cm³/mol. The van der Waals surface area contributed by atoms with Gasteiger partial charge in [-0.15, -0.1) is 0 Å². The van der Waals surface area contributed by atoms with Gasteiger partial charge >= 0.3 is 0 Å². The summed E-state index contributed by atoms with van der Waals surface area (Å²) >= 11 is 6.38. The summed E-state index contributed by atoms with van der Waals surface area (Å²) in [4.78, 5) is 22.4. The molecule has 0 bridgehead atoms. The van der Waals surface area contributed by atoms with Gasteiger partial charge in [0, 0.05) is 48.3 Å². The van der Waals surface area contributed by atoms with Crippen molar-refractivity contribution in [3.8, 4) is 11.5 Å². The van der Waals surface area contributed by atoms with Gasteiger partial charge in [-0.3, -0.25) is 4.79 Å². The Morgan fingerprint density at radius 3 is 2.68 bits per heavy atom. The van der Waals surface area contributed by atoms with Crippen LogP contribution in [-0.4, -0.2) is 42.6 Å². The lowest BCUT2D eigenvalue weighted by Gasteiger charge is -2.31. The van der Waals surface area contributed by atoms with Crippen LogP contribution in [0.15, 0.2) is 54.6 Å². The molecule has 0 unspecified atom stereocenters. The number of halogens is 2. The summed E-state index contributed by atoms with van der Waals surface area (Å²) in [5, 5.41) is 9.23. The lowest BCUT2D eigenvalue weighted by atomic mass is 10.1. The summed E-state index contributed by atoms with van der Waals surface area (Å²) in [6.07, 6.45) is 4.87. The highest BCUT2D eigenvalue weighted by molar-refractivity contribution is 6.33. The van der Waals surface area contributed by atoms with Gasteiger partial charge in [0.1, 0.15) is 18.2 Å². The zero-order valence-corrected chi connectivity index (χ0v) is 21.7. The zero-order chi connectivity index (χ0) is 26.5. The van der Waals surface area contributed by atoms with Crippen molar-refractivity contribution >= 4 is 34.8 Å². The Morgan fingerprint density at radius 2 is 2.03 bits per heavy atom. The number of carbonyl (C=O) groups is 1. The second-order valence-corrected chi connectivity index (χ2v) is 8.94. The van der Waals surface area contributed by atoms with Crippen molar-refractivity contribution in [2.45, 2.75) is 26.5 Å². The Labute approximate surface area is 219 Å². The van der Waals surface area contributed by atoms with Crippen molar-refractivity contribution in [1.82, 2.24) is 20.6 Å². The van der Waals surface area contributed by atoms with E-state index in [2.05, 4.69) is 32.8 Å². The number of ether oxygens (including phenoxy) is 2. The first-order valence-corrected chi connectivity index (χ1v) is 12.0. The number of hydrogen-bond acceptors (Lipinski definition) is 8. The van der Waals surface area contributed by atoms with Gasteiger partial charge in [0.25, 0.3) is 5.91 Å². The highest BCUT2D eigenvalue weighted by Crippen LogP contribution is 2.31. The number of allylic oxidation sites excluding steroid dienone is 1. The number of amides is 1. The molecule has 1 atom stereocenters. The molecule has 0 saturated heterocycles. The number of anilines is 3. The number of nitrogens with zero attached hydrogens (tertiary/aromatic N) is 3. The maximum absolute atomic E-state index is 14.9. The number of methoxy groups -OCH3 is 1. The first-order chi connectivity index (χ1) is 17.8. The fourth-order valence-corrected chi connectivity index (χ4v) is 4.21. The Bertz CT molecular complexity index is 1320. The van der Waals surface area contributed by atoms with E-state index < -0.39 is 0 Å². The molecule has 37 heavy (non-hydrogen) atoms. The minimum Gasteiger partial charge on any atom is -0.495 e. The molecule has 11 heteroatoms. The van der Waals surface area contributed by atoms with Crippen LogP contribution in [0.3, 0.4) is 0 Å². The van der Waals surface area contributed by atoms with Crippen molar-refractivity contribution < 1.29 is 18.7 Å². The first kappa shape index (κ1) is 26.0. The van der Waals surface area contributed by atoms with Crippen LogP contribution in [0, 0.1) is 5.82 Å². The van der Waals surface area contributed by atoms with Gasteiger partial charge in [0.15, 0.2) is 5.75 Å². The summed E-state index contributed by atoms with van der Waals surface area (Å²) in [7, 11) is 3.02. The Morgan fingerprint density at radius 1 is 1.27 bits per heavy atom. The van der Waals surface area contributed by atoms with Crippen LogP contribution < -0.4 is 30.3 Å². The van der Waals surface area contributed by atoms with Crippen molar-refractivity contribution in [3.05, 3.63) is 76.6 Å². The van der Waals surface area contributed by atoms with E-state index in [1.165, 1.54) is 25.6 Å². The van der Waals surface area contributed by atoms with Crippen LogP contribution in [0.2, 0.25) is 5.02 Å². The van der Waals surface area contributed by atoms with Crippen LogP contribution in [0.5, 0.6) is 11.5 Å². The number of aromatic nitrogens is 2. The van der Waals surface area contributed by atoms with Crippen molar-refractivity contribution in [1.29, 1.82) is 0 Å². The number of benzene rings is 2. The molecule has 9 nitrogen and oxygen atoms in total. The largest absolute Gasteiger partial charge is 0.495 e. The smallest absolute Gasteiger partial charge is 0.251 e. The molecule has 0 aliphatic carbocycles. The van der Waals surface area contributed by atoms with Gasteiger partial charge in [0.05, 0.1) is 30.2 Å². The SMILES string of the molecule is CNC(=O)c1cc(COc2cnc(Nc3ccc(N4C=C(C)N[C@@H](C)C4)c(F)c3)nc2)c(Cl)c(OC)c1. The van der Waals surface area contributed by atoms with E-state index >= 15 is 0 Å². The summed E-state index contributed by atoms with van der Waals surface area (Å²) in [5.41, 5.74) is 2.97. The third-order valence-electron chi connectivity index (χ3n) is 5.65. The van der Waals surface area contributed by atoms with Crippen LogP contribution in [0.1, 0.15) is 29.8 Å². The van der Waals surface area contributed by atoms with Crippen molar-refractivity contribution in [2.24, 2.45) is 0 Å². The summed E-state index contributed by atoms with van der Waals surface area (Å²) in [6.45, 7) is 4.74. The Hall–Kier alpha value is -4.05. The van der Waals surface area contributed by atoms with E-state index in [0.29, 0.717) is 45.6 Å². The molecule has 1 aromatic heterocycles. The molecule has 2 aromatic carbocycles. The molecule has 2 heterocycles. The summed E-state index contributed by atoms with van der Waals surface area (Å²) in [6, 6.07) is 8.32. The molecule has 0 spiro atoms. The Balaban J connectivity index is 1.41. The number of nitrogens with one attached hydrogen (secondary N) is 3. The average molecular weight is 527 g/mol. The lowest BCUT2D eigenvalue weighted by Crippen LogP contribution is -2.41. The van der Waals surface area contributed by atoms with Crippen LogP contribution in [0.4, 0.5) is 21.7 Å². The van der Waals surface area contributed by atoms with Gasteiger partial charge in [-0.05, 0) is 44.2 Å². The van der Waals surface area contributed by atoms with Crippen LogP contribution >= 0.6 is 11.6 Å². The molecule has 0 fully saturated rings. The maximum atomic E-state index is 14.9. The van der Waals surface area contributed by atoms with Gasteiger partial charge in [-0.2, -0.15) is 0 Å². The monoisotopic (exact) mass is 526 g/mol. The van der Waals surface area contributed by atoms with Gasteiger partial charge < -0.3 is 30.3 Å². The van der Waals surface area contributed by atoms with Gasteiger partial charge in [0.2, 0.25) is 5.95 Å². The average Bonchev–Trinajstić information content (AvgIpc) is 2.88. The van der Waals surface area contributed by atoms with Crippen LogP contribution in [0.25, 0.3) is 0 Å². The molecule has 1 aliphatic heterocycles. The zero-order valence-electron chi connectivity index (χ0n) is 20.9. The van der Waals surface area contributed by atoms with Gasteiger partial charge in [-0.1, -0.05) is 11.6 Å². The number of rotatable bonds is 8. The minimum atomic E-state index is -0.352. The fourth-order valence-electron chi connectivity index (χ4n) is 3.97. The molecule has 4 rings (SSSR count). The number of carbonyl (C=O) groups excluding carboxylic acids is 1. The first-order valence-electron chi connectivity index (χ1n) is 11.6. The third-order valence-corrected chi connectivity index (χ3v) is 6.08. The molecule has 0 saturated carbocycles. The minimum absolute atomic E-state index is 0.0708. The Kier molecular flexibility index (Phi) is 7.98. The second-order valence-electron chi connectivity index (χ2n) is 8.56. The van der Waals surface area contributed by atoms with Gasteiger partial charge in [-0.25, -0.2) is 14.4 Å². The molecule has 1 aliphatic rings. The highest BCUT2D eigenvalue weighted by Gasteiger charge is 2.18. The molecular formula is C26H28ClFN6O3. The summed E-state index contributed by atoms with van der Waals surface area (Å²) < 4.78 is 25.9. The normalized spacial score (nSPS) is 14.9. The van der Waals surface area contributed by atoms with E-state index in [1.807, 2.05) is 18.0 Å². The molecule has 3 N–H and O–H groups in total.